The average Bonchev–Trinajstić information content (AvgIpc) is 3.49. The summed E-state index contributed by atoms with van der Waals surface area (Å²) in [5.74, 6) is -0.750. The first kappa shape index (κ1) is 23.7. The monoisotopic (exact) mass is 493 g/mol. The van der Waals surface area contributed by atoms with E-state index in [2.05, 4.69) is 10.3 Å². The molecule has 2 fully saturated rings. The first-order valence-corrected chi connectivity index (χ1v) is 13.3. The Kier molecular flexibility index (Phi) is 6.73. The van der Waals surface area contributed by atoms with Gasteiger partial charge in [0.25, 0.3) is 0 Å². The van der Waals surface area contributed by atoms with Gasteiger partial charge in [0.05, 0.1) is 12.3 Å². The van der Waals surface area contributed by atoms with Crippen LogP contribution in [0.25, 0.3) is 6.08 Å². The third-order valence-corrected chi connectivity index (χ3v) is 8.45. The molecular formula is C27H31N3O4S. The van der Waals surface area contributed by atoms with E-state index < -0.39 is 5.60 Å². The van der Waals surface area contributed by atoms with Crippen LogP contribution < -0.4 is 5.32 Å². The van der Waals surface area contributed by atoms with Crippen molar-refractivity contribution in [3.63, 3.8) is 0 Å². The molecule has 0 bridgehead atoms. The van der Waals surface area contributed by atoms with Crippen LogP contribution in [0.15, 0.2) is 29.8 Å². The van der Waals surface area contributed by atoms with E-state index in [9.17, 15) is 14.4 Å². The van der Waals surface area contributed by atoms with E-state index in [1.54, 1.807) is 17.4 Å². The summed E-state index contributed by atoms with van der Waals surface area (Å²) in [5, 5.41) is 4.95. The van der Waals surface area contributed by atoms with Crippen molar-refractivity contribution in [2.45, 2.75) is 70.6 Å². The number of nitrogens with one attached hydrogen (secondary N) is 1. The lowest BCUT2D eigenvalue weighted by molar-refractivity contribution is -0.156. The quantitative estimate of drug-likeness (QED) is 0.504. The number of aryl methyl sites for hydroxylation is 1. The molecule has 1 spiro atoms. The second-order valence-corrected chi connectivity index (χ2v) is 10.7. The lowest BCUT2D eigenvalue weighted by Crippen LogP contribution is -2.48. The van der Waals surface area contributed by atoms with Crippen molar-refractivity contribution in [2.75, 3.05) is 6.54 Å². The fraction of sp³-hybridized carbons (Fsp3) is 0.481. The number of hydrogen-bond acceptors (Lipinski definition) is 6. The van der Waals surface area contributed by atoms with Crippen molar-refractivity contribution in [3.8, 4) is 0 Å². The minimum atomic E-state index is -0.607. The summed E-state index contributed by atoms with van der Waals surface area (Å²) < 4.78 is 5.77. The van der Waals surface area contributed by atoms with Crippen molar-refractivity contribution in [3.05, 3.63) is 57.0 Å². The number of ether oxygens (including phenoxy) is 1. The lowest BCUT2D eigenvalue weighted by Gasteiger charge is -2.39. The second-order valence-electron chi connectivity index (χ2n) is 9.76. The zero-order valence-electron chi connectivity index (χ0n) is 20.0. The van der Waals surface area contributed by atoms with Crippen molar-refractivity contribution in [2.24, 2.45) is 5.92 Å². The molecule has 1 aliphatic carbocycles. The van der Waals surface area contributed by atoms with E-state index in [-0.39, 0.29) is 30.1 Å². The number of hydrogen-bond donors (Lipinski definition) is 1. The standard InChI is InChI=1S/C27H31N3O4S/c1-18-22(16-29-24(31)8-7-20-6-5-13-35-20)21-9-12-30(17-19(21)15-28-18)26(33)23-14-25(32)34-27(23)10-3-2-4-11-27/h5-8,13,15,23H,2-4,9-12,14,16-17H2,1H3,(H,29,31). The van der Waals surface area contributed by atoms with Crippen LogP contribution in [0.1, 0.15) is 65.8 Å². The highest BCUT2D eigenvalue weighted by Crippen LogP contribution is 2.45. The maximum Gasteiger partial charge on any atom is 0.307 e. The molecule has 2 aromatic rings. The average molecular weight is 494 g/mol. The van der Waals surface area contributed by atoms with Crippen LogP contribution in [-0.4, -0.2) is 39.8 Å². The fourth-order valence-corrected chi connectivity index (χ4v) is 6.37. The van der Waals surface area contributed by atoms with Crippen molar-refractivity contribution in [1.82, 2.24) is 15.2 Å². The summed E-state index contributed by atoms with van der Waals surface area (Å²) in [6.45, 7) is 3.42. The highest BCUT2D eigenvalue weighted by molar-refractivity contribution is 7.10. The van der Waals surface area contributed by atoms with Crippen LogP contribution in [-0.2, 0) is 38.6 Å². The molecule has 4 heterocycles. The van der Waals surface area contributed by atoms with Gasteiger partial charge in [-0.1, -0.05) is 12.5 Å². The molecule has 1 atom stereocenters. The van der Waals surface area contributed by atoms with Gasteiger partial charge in [-0.05, 0) is 73.2 Å². The van der Waals surface area contributed by atoms with Gasteiger partial charge in [0.2, 0.25) is 11.8 Å². The molecule has 5 rings (SSSR count). The minimum absolute atomic E-state index is 0.0255. The number of carbonyl (C=O) groups is 3. The number of esters is 1. The molecule has 35 heavy (non-hydrogen) atoms. The number of nitrogens with zero attached hydrogens (tertiary/aromatic N) is 2. The van der Waals surface area contributed by atoms with Gasteiger partial charge in [-0.2, -0.15) is 0 Å². The molecule has 2 amide bonds. The van der Waals surface area contributed by atoms with E-state index >= 15 is 0 Å². The Morgan fingerprint density at radius 3 is 2.91 bits per heavy atom. The van der Waals surface area contributed by atoms with Gasteiger partial charge < -0.3 is 15.0 Å². The van der Waals surface area contributed by atoms with E-state index in [0.29, 0.717) is 26.1 Å². The van der Waals surface area contributed by atoms with Crippen LogP contribution in [0, 0.1) is 12.8 Å². The van der Waals surface area contributed by atoms with Crippen LogP contribution in [0.5, 0.6) is 0 Å². The highest BCUT2D eigenvalue weighted by atomic mass is 32.1. The van der Waals surface area contributed by atoms with Crippen LogP contribution >= 0.6 is 11.3 Å². The summed E-state index contributed by atoms with van der Waals surface area (Å²) in [5.41, 5.74) is 3.48. The Balaban J connectivity index is 1.27. The predicted molar refractivity (Wildman–Crippen MR) is 133 cm³/mol. The van der Waals surface area contributed by atoms with Crippen molar-refractivity contribution >= 4 is 35.2 Å². The third-order valence-electron chi connectivity index (χ3n) is 7.61. The number of aromatic nitrogens is 1. The zero-order valence-corrected chi connectivity index (χ0v) is 20.9. The Morgan fingerprint density at radius 2 is 2.14 bits per heavy atom. The summed E-state index contributed by atoms with van der Waals surface area (Å²) in [6, 6.07) is 3.92. The van der Waals surface area contributed by atoms with Gasteiger partial charge >= 0.3 is 5.97 Å². The molecule has 1 unspecified atom stereocenters. The Hall–Kier alpha value is -3.00. The largest absolute Gasteiger partial charge is 0.458 e. The first-order chi connectivity index (χ1) is 16.9. The van der Waals surface area contributed by atoms with Crippen molar-refractivity contribution < 1.29 is 19.1 Å². The molecule has 0 radical (unpaired) electrons. The predicted octanol–water partition coefficient (Wildman–Crippen LogP) is 3.93. The molecule has 1 saturated carbocycles. The molecule has 0 aromatic carbocycles. The highest BCUT2D eigenvalue weighted by Gasteiger charge is 2.54. The third kappa shape index (κ3) is 4.89. The Labute approximate surface area is 209 Å². The normalized spacial score (nSPS) is 21.2. The zero-order chi connectivity index (χ0) is 24.4. The number of thiophene rings is 1. The number of rotatable bonds is 5. The molecule has 1 N–H and O–H groups in total. The molecule has 3 aliphatic rings. The molecule has 7 nitrogen and oxygen atoms in total. The first-order valence-electron chi connectivity index (χ1n) is 12.4. The minimum Gasteiger partial charge on any atom is -0.458 e. The maximum atomic E-state index is 13.6. The van der Waals surface area contributed by atoms with E-state index in [4.69, 9.17) is 4.74 Å². The van der Waals surface area contributed by atoms with E-state index in [1.807, 2.05) is 41.6 Å². The molecule has 8 heteroatoms. The number of amides is 2. The van der Waals surface area contributed by atoms with Crippen LogP contribution in [0.4, 0.5) is 0 Å². The summed E-state index contributed by atoms with van der Waals surface area (Å²) in [6.07, 6.45) is 10.8. The second kappa shape index (κ2) is 9.93. The topological polar surface area (TPSA) is 88.6 Å². The molecule has 1 saturated heterocycles. The van der Waals surface area contributed by atoms with E-state index in [1.165, 1.54) is 0 Å². The van der Waals surface area contributed by atoms with Gasteiger partial charge in [0.1, 0.15) is 5.60 Å². The molecule has 2 aromatic heterocycles. The Bertz CT molecular complexity index is 1150. The SMILES string of the molecule is Cc1ncc2c(c1CNC(=O)C=Cc1cccs1)CCN(C(=O)C1CC(=O)OC13CCCCC3)C2. The molecular weight excluding hydrogens is 462 g/mol. The van der Waals surface area contributed by atoms with Crippen LogP contribution in [0.2, 0.25) is 0 Å². The van der Waals surface area contributed by atoms with Gasteiger partial charge in [-0.25, -0.2) is 0 Å². The molecule has 2 aliphatic heterocycles. The van der Waals surface area contributed by atoms with Gasteiger partial charge in [-0.15, -0.1) is 11.3 Å². The maximum absolute atomic E-state index is 13.6. The number of pyridine rings is 1. The summed E-state index contributed by atoms with van der Waals surface area (Å²) in [4.78, 5) is 45.6. The van der Waals surface area contributed by atoms with Gasteiger partial charge in [-0.3, -0.25) is 19.4 Å². The van der Waals surface area contributed by atoms with Gasteiger partial charge in [0, 0.05) is 42.5 Å². The Morgan fingerprint density at radius 1 is 1.31 bits per heavy atom. The van der Waals surface area contributed by atoms with E-state index in [0.717, 1.165) is 59.4 Å². The number of fused-ring (bicyclic) bond motifs is 1. The summed E-state index contributed by atoms with van der Waals surface area (Å²) >= 11 is 1.58. The van der Waals surface area contributed by atoms with Crippen LogP contribution in [0.3, 0.4) is 0 Å². The molecule has 184 valence electrons. The fourth-order valence-electron chi connectivity index (χ4n) is 5.75. The lowest BCUT2D eigenvalue weighted by atomic mass is 9.75. The van der Waals surface area contributed by atoms with Crippen molar-refractivity contribution in [1.29, 1.82) is 0 Å². The van der Waals surface area contributed by atoms with Gasteiger partial charge in [0.15, 0.2) is 0 Å². The number of carbonyl (C=O) groups excluding carboxylic acids is 3. The smallest absolute Gasteiger partial charge is 0.307 e. The summed E-state index contributed by atoms with van der Waals surface area (Å²) in [7, 11) is 0.